The van der Waals surface area contributed by atoms with E-state index in [1.807, 2.05) is 26.0 Å². The Bertz CT molecular complexity index is 410. The van der Waals surface area contributed by atoms with Gasteiger partial charge in [-0.05, 0) is 20.3 Å². The number of aryl methyl sites for hydroxylation is 1. The summed E-state index contributed by atoms with van der Waals surface area (Å²) in [6.07, 6.45) is 5.71. The van der Waals surface area contributed by atoms with Crippen LogP contribution in [-0.2, 0) is 6.54 Å². The van der Waals surface area contributed by atoms with Crippen molar-refractivity contribution < 1.29 is 9.68 Å². The fraction of sp³-hybridized carbons (Fsp3) is 0.636. The van der Waals surface area contributed by atoms with Gasteiger partial charge in [-0.2, -0.15) is 9.36 Å². The van der Waals surface area contributed by atoms with E-state index < -0.39 is 0 Å². The molecule has 0 bridgehead atoms. The Morgan fingerprint density at radius 1 is 1.50 bits per heavy atom. The maximum Gasteiger partial charge on any atom is 0.549 e. The number of aromatic amines is 1. The van der Waals surface area contributed by atoms with Gasteiger partial charge in [-0.25, -0.2) is 4.52 Å². The molecule has 0 unspecified atom stereocenters. The third-order valence-corrected chi connectivity index (χ3v) is 2.24. The fourth-order valence-electron chi connectivity index (χ4n) is 1.33. The van der Waals surface area contributed by atoms with E-state index in [4.69, 9.17) is 5.73 Å². The molecule has 5 heteroatoms. The third kappa shape index (κ3) is 4.02. The fourth-order valence-corrected chi connectivity index (χ4v) is 1.33. The number of nitrogens with two attached hydrogens (primary N) is 1. The van der Waals surface area contributed by atoms with Gasteiger partial charge < -0.3 is 5.73 Å². The smallest absolute Gasteiger partial charge is 0.325 e. The summed E-state index contributed by atoms with van der Waals surface area (Å²) in [6.45, 7) is 6.39. The first kappa shape index (κ1) is 12.7. The first-order valence-electron chi connectivity index (χ1n) is 5.42. The van der Waals surface area contributed by atoms with Crippen LogP contribution in [0, 0.1) is 6.92 Å². The molecule has 0 fully saturated rings. The number of hydrogen-bond donors (Lipinski definition) is 1. The highest BCUT2D eigenvalue weighted by Gasteiger charge is 2.12. The maximum atomic E-state index is 11.2. The van der Waals surface area contributed by atoms with E-state index in [9.17, 15) is 4.79 Å². The lowest BCUT2D eigenvalue weighted by atomic mass is 10.0. The highest BCUT2D eigenvalue weighted by atomic mass is 16.5. The molecule has 0 atom stereocenters. The average Bonchev–Trinajstić information content (AvgIpc) is 2.46. The summed E-state index contributed by atoms with van der Waals surface area (Å²) in [5, 5.41) is 2.53. The van der Waals surface area contributed by atoms with Crippen LogP contribution in [0.1, 0.15) is 32.5 Å². The van der Waals surface area contributed by atoms with Gasteiger partial charge in [-0.3, -0.25) is 0 Å². The van der Waals surface area contributed by atoms with Gasteiger partial charge in [0.05, 0.1) is 0 Å². The maximum absolute atomic E-state index is 11.2. The molecule has 3 N–H and O–H groups in total. The molecule has 0 aliphatic rings. The van der Waals surface area contributed by atoms with Crippen LogP contribution in [0.3, 0.4) is 0 Å². The van der Waals surface area contributed by atoms with Gasteiger partial charge in [0.1, 0.15) is 6.54 Å². The lowest BCUT2D eigenvalue weighted by Gasteiger charge is -2.14. The Hall–Kier alpha value is -1.36. The molecule has 0 spiro atoms. The third-order valence-electron chi connectivity index (χ3n) is 2.24. The zero-order chi connectivity index (χ0) is 12.2. The van der Waals surface area contributed by atoms with Crippen molar-refractivity contribution in [3.63, 3.8) is 0 Å². The lowest BCUT2D eigenvalue weighted by molar-refractivity contribution is -0.618. The predicted octanol–water partition coefficient (Wildman–Crippen LogP) is 0.638. The second kappa shape index (κ2) is 5.12. The van der Waals surface area contributed by atoms with Crippen LogP contribution in [0.15, 0.2) is 21.5 Å². The Morgan fingerprint density at radius 3 is 2.69 bits per heavy atom. The van der Waals surface area contributed by atoms with E-state index in [0.29, 0.717) is 6.54 Å². The summed E-state index contributed by atoms with van der Waals surface area (Å²) in [5.74, 6) is 0.391. The predicted molar refractivity (Wildman–Crippen MR) is 60.9 cm³/mol. The van der Waals surface area contributed by atoms with E-state index >= 15 is 0 Å². The summed E-state index contributed by atoms with van der Waals surface area (Å²) in [5.41, 5.74) is 5.66. The monoisotopic (exact) mass is 226 g/mol. The van der Waals surface area contributed by atoms with Crippen molar-refractivity contribution in [2.24, 2.45) is 5.73 Å². The number of rotatable bonds is 5. The van der Waals surface area contributed by atoms with Gasteiger partial charge >= 0.3 is 5.76 Å². The number of nitrogens with one attached hydrogen (secondary N) is 1. The zero-order valence-corrected chi connectivity index (χ0v) is 10.1. The molecular weight excluding hydrogens is 206 g/mol. The van der Waals surface area contributed by atoms with Crippen LogP contribution < -0.4 is 16.6 Å². The number of nitrogens with zero attached hydrogens (tertiary/aromatic N) is 1. The molecule has 1 aromatic rings. The molecular formula is C11H20N3O2+. The normalized spacial score (nSPS) is 12.5. The van der Waals surface area contributed by atoms with E-state index in [1.54, 1.807) is 11.5 Å². The van der Waals surface area contributed by atoms with Gasteiger partial charge in [-0.1, -0.05) is 17.3 Å². The molecule has 0 aliphatic carbocycles. The first-order valence-corrected chi connectivity index (χ1v) is 5.42. The second-order valence-corrected chi connectivity index (χ2v) is 4.66. The molecule has 0 aliphatic heterocycles. The highest BCUT2D eigenvalue weighted by Crippen LogP contribution is 2.04. The van der Waals surface area contributed by atoms with Crippen LogP contribution in [0.2, 0.25) is 0 Å². The molecule has 0 saturated carbocycles. The van der Waals surface area contributed by atoms with Crippen LogP contribution in [0.4, 0.5) is 0 Å². The van der Waals surface area contributed by atoms with E-state index in [0.717, 1.165) is 18.7 Å². The molecule has 1 aromatic heterocycles. The quantitative estimate of drug-likeness (QED) is 0.748. The van der Waals surface area contributed by atoms with E-state index in [1.165, 1.54) is 0 Å². The molecule has 0 radical (unpaired) electrons. The van der Waals surface area contributed by atoms with Crippen molar-refractivity contribution in [1.29, 1.82) is 0 Å². The van der Waals surface area contributed by atoms with Gasteiger partial charge in [0.15, 0.2) is 0 Å². The number of H-pyrrole nitrogens is 1. The van der Waals surface area contributed by atoms with Crippen molar-refractivity contribution >= 4 is 0 Å². The lowest BCUT2D eigenvalue weighted by Crippen LogP contribution is -2.30. The summed E-state index contributed by atoms with van der Waals surface area (Å²) < 4.78 is 6.21. The number of aromatic nitrogens is 2. The van der Waals surface area contributed by atoms with Crippen molar-refractivity contribution in [2.45, 2.75) is 45.7 Å². The van der Waals surface area contributed by atoms with Crippen molar-refractivity contribution in [1.82, 2.24) is 4.57 Å². The molecule has 1 rings (SSSR count). The van der Waals surface area contributed by atoms with Crippen LogP contribution >= 0.6 is 0 Å². The SMILES string of the molecule is Cc1[nH+]oc(=O)n1CC/C=C\CC(C)(C)N. The average molecular weight is 226 g/mol. The van der Waals surface area contributed by atoms with E-state index in [-0.39, 0.29) is 11.3 Å². The molecule has 5 nitrogen and oxygen atoms in total. The summed E-state index contributed by atoms with van der Waals surface area (Å²) in [7, 11) is 0. The van der Waals surface area contributed by atoms with Crippen molar-refractivity contribution in [2.75, 3.05) is 0 Å². The molecule has 16 heavy (non-hydrogen) atoms. The Kier molecular flexibility index (Phi) is 4.06. The molecule has 0 aromatic carbocycles. The largest absolute Gasteiger partial charge is 0.549 e. The summed E-state index contributed by atoms with van der Waals surface area (Å²) >= 11 is 0. The van der Waals surface area contributed by atoms with Crippen molar-refractivity contribution in [3.8, 4) is 0 Å². The summed E-state index contributed by atoms with van der Waals surface area (Å²) in [4.78, 5) is 11.2. The van der Waals surface area contributed by atoms with Gasteiger partial charge in [0, 0.05) is 18.9 Å². The Morgan fingerprint density at radius 2 is 2.19 bits per heavy atom. The standard InChI is InChI=1S/C11H19N3O2/c1-9-13-16-10(15)14(9)8-6-4-5-7-11(2,3)12/h4-5H,6-8,12H2,1-3H3/p+1/b5-4-. The zero-order valence-electron chi connectivity index (χ0n) is 10.1. The first-order chi connectivity index (χ1) is 7.40. The molecule has 0 saturated heterocycles. The van der Waals surface area contributed by atoms with Crippen LogP contribution in [0.5, 0.6) is 0 Å². The van der Waals surface area contributed by atoms with Gasteiger partial charge in [-0.15, -0.1) is 0 Å². The Balaban J connectivity index is 2.39. The number of hydrogen-bond acceptors (Lipinski definition) is 3. The topological polar surface area (TPSA) is 75.3 Å². The van der Waals surface area contributed by atoms with Crippen molar-refractivity contribution in [3.05, 3.63) is 28.5 Å². The Labute approximate surface area is 94.9 Å². The van der Waals surface area contributed by atoms with Gasteiger partial charge in [0.2, 0.25) is 0 Å². The minimum atomic E-state index is -0.343. The van der Waals surface area contributed by atoms with E-state index in [2.05, 4.69) is 9.68 Å². The van der Waals surface area contributed by atoms with Crippen LogP contribution in [0.25, 0.3) is 0 Å². The molecule has 1 heterocycles. The number of allylic oxidation sites excluding steroid dienone is 1. The summed E-state index contributed by atoms with van der Waals surface area (Å²) in [6, 6.07) is 0. The molecule has 90 valence electrons. The van der Waals surface area contributed by atoms with Crippen LogP contribution in [-0.4, -0.2) is 10.1 Å². The second-order valence-electron chi connectivity index (χ2n) is 4.66. The highest BCUT2D eigenvalue weighted by molar-refractivity contribution is 4.89. The minimum Gasteiger partial charge on any atom is -0.325 e. The van der Waals surface area contributed by atoms with Gasteiger partial charge in [0.25, 0.3) is 5.82 Å². The minimum absolute atomic E-state index is 0.174. The molecule has 0 amide bonds.